The summed E-state index contributed by atoms with van der Waals surface area (Å²) < 4.78 is 0. The number of hydrogen-bond donors (Lipinski definition) is 1. The van der Waals surface area contributed by atoms with Gasteiger partial charge in [0.1, 0.15) is 23.2 Å². The van der Waals surface area contributed by atoms with Crippen LogP contribution in [0.5, 0.6) is 0 Å². The minimum atomic E-state index is -1.86. The van der Waals surface area contributed by atoms with Crippen molar-refractivity contribution in [2.75, 3.05) is 12.8 Å². The van der Waals surface area contributed by atoms with Crippen LogP contribution in [-0.4, -0.2) is 17.9 Å². The Morgan fingerprint density at radius 2 is 0.840 bits per heavy atom. The number of aryl methyl sites for hydroxylation is 3. The first-order chi connectivity index (χ1) is 12.1. The molecule has 0 aromatic heterocycles. The molecule has 0 unspecified atom stereocenters. The predicted octanol–water partition coefficient (Wildman–Crippen LogP) is 3.90. The monoisotopic (exact) mass is 349 g/mol. The molecule has 0 bridgehead atoms. The predicted molar refractivity (Wildman–Crippen MR) is 111 cm³/mol. The van der Waals surface area contributed by atoms with Crippen LogP contribution < -0.4 is 15.9 Å². The van der Waals surface area contributed by atoms with Crippen molar-refractivity contribution in [1.82, 2.24) is 0 Å². The van der Waals surface area contributed by atoms with Crippen LogP contribution in [0.1, 0.15) is 16.7 Å². The van der Waals surface area contributed by atoms with E-state index in [-0.39, 0.29) is 6.61 Å². The van der Waals surface area contributed by atoms with E-state index in [2.05, 4.69) is 93.6 Å². The third-order valence-electron chi connectivity index (χ3n) is 4.86. The summed E-state index contributed by atoms with van der Waals surface area (Å²) in [6, 6.07) is 26.6. The van der Waals surface area contributed by atoms with E-state index in [1.165, 1.54) is 32.6 Å². The number of benzene rings is 3. The largest absolute Gasteiger partial charge is 0.393 e. The zero-order valence-electron chi connectivity index (χ0n) is 15.2. The van der Waals surface area contributed by atoms with E-state index in [4.69, 9.17) is 0 Å². The topological polar surface area (TPSA) is 20.2 Å². The summed E-state index contributed by atoms with van der Waals surface area (Å²) in [6.07, 6.45) is 0.766. The van der Waals surface area contributed by atoms with Gasteiger partial charge in [-0.15, -0.1) is 0 Å². The molecule has 3 aromatic carbocycles. The van der Waals surface area contributed by atoms with Gasteiger partial charge in [0, 0.05) is 0 Å². The molecule has 0 saturated heterocycles. The first-order valence-electron chi connectivity index (χ1n) is 8.77. The highest BCUT2D eigenvalue weighted by Crippen LogP contribution is 2.54. The molecule has 128 valence electrons. The van der Waals surface area contributed by atoms with E-state index < -0.39 is 7.26 Å². The molecule has 0 amide bonds. The van der Waals surface area contributed by atoms with Crippen LogP contribution in [-0.2, 0) is 0 Å². The fourth-order valence-corrected chi connectivity index (χ4v) is 7.33. The van der Waals surface area contributed by atoms with E-state index in [0.717, 1.165) is 6.16 Å². The molecule has 3 rings (SSSR count). The maximum atomic E-state index is 9.98. The van der Waals surface area contributed by atoms with E-state index in [0.29, 0.717) is 0 Å². The summed E-state index contributed by atoms with van der Waals surface area (Å²) in [5, 5.41) is 14.0. The van der Waals surface area contributed by atoms with Gasteiger partial charge in [0.15, 0.2) is 0 Å². The highest BCUT2D eigenvalue weighted by molar-refractivity contribution is 7.95. The SMILES string of the molecule is Cc1ccc([P+](CCO)(c2ccc(C)cc2)c2ccc(C)cc2)cc1. The smallest absolute Gasteiger partial charge is 0.114 e. The summed E-state index contributed by atoms with van der Waals surface area (Å²) in [5.41, 5.74) is 3.79. The lowest BCUT2D eigenvalue weighted by Gasteiger charge is -2.27. The van der Waals surface area contributed by atoms with E-state index in [1.54, 1.807) is 0 Å². The lowest BCUT2D eigenvalue weighted by atomic mass is 10.2. The maximum absolute atomic E-state index is 9.98. The van der Waals surface area contributed by atoms with Crippen molar-refractivity contribution >= 4 is 23.2 Å². The Hall–Kier alpha value is -1.95. The summed E-state index contributed by atoms with van der Waals surface area (Å²) in [5.74, 6) is 0. The van der Waals surface area contributed by atoms with E-state index >= 15 is 0 Å². The summed E-state index contributed by atoms with van der Waals surface area (Å²) in [4.78, 5) is 0. The zero-order valence-corrected chi connectivity index (χ0v) is 16.1. The second-order valence-corrected chi connectivity index (χ2v) is 10.4. The van der Waals surface area contributed by atoms with Crippen molar-refractivity contribution in [2.45, 2.75) is 20.8 Å². The fourth-order valence-electron chi connectivity index (χ4n) is 3.38. The molecule has 0 fully saturated rings. The van der Waals surface area contributed by atoms with Crippen molar-refractivity contribution in [2.24, 2.45) is 0 Å². The van der Waals surface area contributed by atoms with Gasteiger partial charge in [-0.05, 0) is 57.2 Å². The Balaban J connectivity index is 2.28. The molecule has 0 radical (unpaired) electrons. The normalized spacial score (nSPS) is 11.5. The Bertz CT molecular complexity index is 707. The molecule has 0 heterocycles. The first-order valence-corrected chi connectivity index (χ1v) is 10.7. The summed E-state index contributed by atoms with van der Waals surface area (Å²) in [7, 11) is -1.86. The highest BCUT2D eigenvalue weighted by Gasteiger charge is 2.44. The quantitative estimate of drug-likeness (QED) is 0.693. The van der Waals surface area contributed by atoms with Gasteiger partial charge < -0.3 is 5.11 Å². The molecule has 2 heteroatoms. The van der Waals surface area contributed by atoms with Crippen molar-refractivity contribution in [3.63, 3.8) is 0 Å². The van der Waals surface area contributed by atoms with Crippen molar-refractivity contribution in [3.8, 4) is 0 Å². The molecule has 0 saturated carbocycles. The minimum absolute atomic E-state index is 0.184. The molecular formula is C23H26OP+. The molecule has 3 aromatic rings. The lowest BCUT2D eigenvalue weighted by molar-refractivity contribution is 0.321. The maximum Gasteiger partial charge on any atom is 0.114 e. The van der Waals surface area contributed by atoms with Gasteiger partial charge in [0.25, 0.3) is 0 Å². The minimum Gasteiger partial charge on any atom is -0.393 e. The molecular weight excluding hydrogens is 323 g/mol. The average molecular weight is 349 g/mol. The van der Waals surface area contributed by atoms with Crippen molar-refractivity contribution in [1.29, 1.82) is 0 Å². The second kappa shape index (κ2) is 7.52. The van der Waals surface area contributed by atoms with Gasteiger partial charge in [-0.3, -0.25) is 0 Å². The van der Waals surface area contributed by atoms with Gasteiger partial charge >= 0.3 is 0 Å². The third kappa shape index (κ3) is 3.54. The first kappa shape index (κ1) is 17.9. The number of rotatable bonds is 5. The van der Waals surface area contributed by atoms with Crippen molar-refractivity contribution < 1.29 is 5.11 Å². The van der Waals surface area contributed by atoms with E-state index in [1.807, 2.05) is 0 Å². The number of hydrogen-bond acceptors (Lipinski definition) is 1. The molecule has 0 atom stereocenters. The molecule has 25 heavy (non-hydrogen) atoms. The van der Waals surface area contributed by atoms with Gasteiger partial charge in [-0.1, -0.05) is 53.1 Å². The van der Waals surface area contributed by atoms with E-state index in [9.17, 15) is 5.11 Å². The lowest BCUT2D eigenvalue weighted by Crippen LogP contribution is -2.34. The second-order valence-electron chi connectivity index (χ2n) is 6.76. The summed E-state index contributed by atoms with van der Waals surface area (Å²) in [6.45, 7) is 6.54. The van der Waals surface area contributed by atoms with Gasteiger partial charge in [0.2, 0.25) is 0 Å². The average Bonchev–Trinajstić information content (AvgIpc) is 2.62. The van der Waals surface area contributed by atoms with Crippen LogP contribution in [0.25, 0.3) is 0 Å². The van der Waals surface area contributed by atoms with Crippen LogP contribution in [0.2, 0.25) is 0 Å². The molecule has 0 aliphatic rings. The Morgan fingerprint density at radius 3 is 1.08 bits per heavy atom. The van der Waals surface area contributed by atoms with Crippen LogP contribution in [0.4, 0.5) is 0 Å². The Morgan fingerprint density at radius 1 is 0.560 bits per heavy atom. The van der Waals surface area contributed by atoms with Gasteiger partial charge in [0.05, 0.1) is 12.8 Å². The van der Waals surface area contributed by atoms with Crippen LogP contribution in [0, 0.1) is 20.8 Å². The molecule has 1 nitrogen and oxygen atoms in total. The Labute approximate surface area is 151 Å². The molecule has 1 N–H and O–H groups in total. The van der Waals surface area contributed by atoms with Crippen molar-refractivity contribution in [3.05, 3.63) is 89.5 Å². The van der Waals surface area contributed by atoms with Crippen LogP contribution in [0.3, 0.4) is 0 Å². The number of aliphatic hydroxyl groups excluding tert-OH is 1. The van der Waals surface area contributed by atoms with Gasteiger partial charge in [-0.2, -0.15) is 0 Å². The number of aliphatic hydroxyl groups is 1. The summed E-state index contributed by atoms with van der Waals surface area (Å²) >= 11 is 0. The third-order valence-corrected chi connectivity index (χ3v) is 9.27. The molecule has 0 aliphatic heterocycles. The standard InChI is InChI=1S/C23H26OP/c1-18-4-10-21(11-5-18)25(17-16-24,22-12-6-19(2)7-13-22)23-14-8-20(3)9-15-23/h4-15,24H,16-17H2,1-3H3/q+1. The van der Waals surface area contributed by atoms with Gasteiger partial charge in [-0.25, -0.2) is 0 Å². The highest BCUT2D eigenvalue weighted by atomic mass is 31.2. The Kier molecular flexibility index (Phi) is 5.37. The zero-order chi connectivity index (χ0) is 17.9. The fraction of sp³-hybridized carbons (Fsp3) is 0.217. The van der Waals surface area contributed by atoms with Crippen LogP contribution in [0.15, 0.2) is 72.8 Å². The van der Waals surface area contributed by atoms with Crippen LogP contribution >= 0.6 is 7.26 Å². The molecule has 0 spiro atoms. The molecule has 0 aliphatic carbocycles.